The summed E-state index contributed by atoms with van der Waals surface area (Å²) in [7, 11) is 4.76. The van der Waals surface area contributed by atoms with Crippen molar-refractivity contribution in [2.24, 2.45) is 0 Å². The van der Waals surface area contributed by atoms with Crippen LogP contribution in [0.1, 0.15) is 6.92 Å². The third-order valence-electron chi connectivity index (χ3n) is 2.83. The molecule has 1 aliphatic heterocycles. The summed E-state index contributed by atoms with van der Waals surface area (Å²) in [4.78, 5) is 10.8. The molecule has 1 heterocycles. The molecule has 1 aliphatic rings. The highest BCUT2D eigenvalue weighted by molar-refractivity contribution is 5.65. The lowest BCUT2D eigenvalue weighted by Crippen LogP contribution is -2.56. The normalized spacial score (nSPS) is 33.4. The molecule has 1 saturated heterocycles. The highest BCUT2D eigenvalue weighted by Gasteiger charge is 2.41. The topological polar surface area (TPSA) is 63.2 Å². The van der Waals surface area contributed by atoms with Crippen molar-refractivity contribution in [1.29, 1.82) is 0 Å². The fourth-order valence-corrected chi connectivity index (χ4v) is 1.95. The first-order valence-corrected chi connectivity index (χ1v) is 5.47. The van der Waals surface area contributed by atoms with E-state index in [1.54, 1.807) is 21.3 Å². The molecule has 1 rings (SSSR count). The zero-order valence-electron chi connectivity index (χ0n) is 10.7. The molecule has 0 saturated carbocycles. The third-order valence-corrected chi connectivity index (χ3v) is 2.83. The van der Waals surface area contributed by atoms with Crippen molar-refractivity contribution < 1.29 is 28.5 Å². The molecule has 0 N–H and O–H groups in total. The van der Waals surface area contributed by atoms with Gasteiger partial charge in [-0.25, -0.2) is 0 Å². The Morgan fingerprint density at radius 1 is 1.18 bits per heavy atom. The lowest BCUT2D eigenvalue weighted by atomic mass is 10.00. The summed E-state index contributed by atoms with van der Waals surface area (Å²) in [5.41, 5.74) is 0. The molecule has 6 nitrogen and oxygen atoms in total. The predicted octanol–water partition coefficient (Wildman–Crippen LogP) is -0.00670. The summed E-state index contributed by atoms with van der Waals surface area (Å²) in [6.07, 6.45) is -1.07. The number of ether oxygens (including phenoxy) is 5. The van der Waals surface area contributed by atoms with Gasteiger partial charge >= 0.3 is 5.97 Å². The van der Waals surface area contributed by atoms with Gasteiger partial charge in [0.05, 0.1) is 6.61 Å². The molecule has 1 fully saturated rings. The van der Waals surface area contributed by atoms with Crippen molar-refractivity contribution in [3.63, 3.8) is 0 Å². The van der Waals surface area contributed by atoms with Gasteiger partial charge < -0.3 is 23.7 Å². The van der Waals surface area contributed by atoms with Gasteiger partial charge in [-0.1, -0.05) is 0 Å². The quantitative estimate of drug-likeness (QED) is 0.638. The number of hydrogen-bond acceptors (Lipinski definition) is 6. The van der Waals surface area contributed by atoms with E-state index < -0.39 is 0 Å². The van der Waals surface area contributed by atoms with Crippen molar-refractivity contribution in [2.45, 2.75) is 31.3 Å². The lowest BCUT2D eigenvalue weighted by molar-refractivity contribution is -0.221. The van der Waals surface area contributed by atoms with Crippen molar-refractivity contribution >= 4 is 5.97 Å². The second-order valence-electron chi connectivity index (χ2n) is 3.85. The van der Waals surface area contributed by atoms with E-state index in [9.17, 15) is 4.79 Å². The summed E-state index contributed by atoms with van der Waals surface area (Å²) in [6.45, 7) is 1.90. The van der Waals surface area contributed by atoms with Gasteiger partial charge in [0, 0.05) is 28.3 Å². The highest BCUT2D eigenvalue weighted by atomic mass is 16.6. The maximum atomic E-state index is 10.8. The van der Waals surface area contributed by atoms with E-state index in [0.29, 0.717) is 6.61 Å². The van der Waals surface area contributed by atoms with Crippen LogP contribution >= 0.6 is 0 Å². The second-order valence-corrected chi connectivity index (χ2v) is 3.85. The molecule has 0 aliphatic carbocycles. The third kappa shape index (κ3) is 3.64. The number of carbonyl (C=O) groups is 1. The van der Waals surface area contributed by atoms with E-state index in [2.05, 4.69) is 0 Å². The van der Waals surface area contributed by atoms with Gasteiger partial charge in [-0.2, -0.15) is 0 Å². The molecule has 0 unspecified atom stereocenters. The minimum absolute atomic E-state index is 0.157. The molecule has 17 heavy (non-hydrogen) atoms. The lowest BCUT2D eigenvalue weighted by Gasteiger charge is -2.40. The van der Waals surface area contributed by atoms with E-state index >= 15 is 0 Å². The maximum absolute atomic E-state index is 10.8. The van der Waals surface area contributed by atoms with Gasteiger partial charge in [0.15, 0.2) is 0 Å². The number of methoxy groups -OCH3 is 3. The SMILES string of the molecule is CO[C@@H]1[C@H](OC)[C@@H](OC)CO[C@H]1COC(C)=O. The summed E-state index contributed by atoms with van der Waals surface area (Å²) >= 11 is 0. The Morgan fingerprint density at radius 3 is 2.29 bits per heavy atom. The Kier molecular flexibility index (Phi) is 5.84. The average Bonchev–Trinajstić information content (AvgIpc) is 2.34. The summed E-state index contributed by atoms with van der Waals surface area (Å²) in [6, 6.07) is 0. The molecule has 0 aromatic heterocycles. The average molecular weight is 248 g/mol. The van der Waals surface area contributed by atoms with Crippen molar-refractivity contribution in [3.8, 4) is 0 Å². The Morgan fingerprint density at radius 2 is 1.82 bits per heavy atom. The molecular weight excluding hydrogens is 228 g/mol. The number of hydrogen-bond donors (Lipinski definition) is 0. The highest BCUT2D eigenvalue weighted by Crippen LogP contribution is 2.22. The Balaban J connectivity index is 2.63. The number of carbonyl (C=O) groups excluding carboxylic acids is 1. The molecule has 0 bridgehead atoms. The van der Waals surface area contributed by atoms with Gasteiger partial charge in [0.25, 0.3) is 0 Å². The van der Waals surface area contributed by atoms with Crippen LogP contribution in [0.15, 0.2) is 0 Å². The van der Waals surface area contributed by atoms with Crippen LogP contribution in [-0.2, 0) is 28.5 Å². The molecule has 0 spiro atoms. The van der Waals surface area contributed by atoms with E-state index in [1.807, 2.05) is 0 Å². The Labute approximate surface area is 101 Å². The van der Waals surface area contributed by atoms with Crippen LogP contribution in [-0.4, -0.2) is 64.9 Å². The first kappa shape index (κ1) is 14.4. The van der Waals surface area contributed by atoms with Crippen molar-refractivity contribution in [2.75, 3.05) is 34.5 Å². The van der Waals surface area contributed by atoms with Gasteiger partial charge in [0.2, 0.25) is 0 Å². The van der Waals surface area contributed by atoms with Crippen LogP contribution in [0.25, 0.3) is 0 Å². The maximum Gasteiger partial charge on any atom is 0.302 e. The molecule has 100 valence electrons. The van der Waals surface area contributed by atoms with Crippen molar-refractivity contribution in [1.82, 2.24) is 0 Å². The van der Waals surface area contributed by atoms with E-state index in [-0.39, 0.29) is 37.0 Å². The van der Waals surface area contributed by atoms with Crippen LogP contribution in [0.2, 0.25) is 0 Å². The van der Waals surface area contributed by atoms with Crippen LogP contribution in [0, 0.1) is 0 Å². The van der Waals surface area contributed by atoms with Crippen LogP contribution in [0.4, 0.5) is 0 Å². The predicted molar refractivity (Wildman–Crippen MR) is 58.8 cm³/mol. The zero-order valence-corrected chi connectivity index (χ0v) is 10.7. The second kappa shape index (κ2) is 6.90. The standard InChI is InChI=1S/C11H20O6/c1-7(12)16-6-9-11(15-4)10(14-3)8(13-2)5-17-9/h8-11H,5-6H2,1-4H3/t8-,9-,10+,11-/m0/s1. The molecular formula is C11H20O6. The minimum atomic E-state index is -0.341. The summed E-state index contributed by atoms with van der Waals surface area (Å²) in [5, 5.41) is 0. The number of esters is 1. The summed E-state index contributed by atoms with van der Waals surface area (Å²) < 4.78 is 26.5. The van der Waals surface area contributed by atoms with E-state index in [1.165, 1.54) is 6.92 Å². The molecule has 0 radical (unpaired) electrons. The fraction of sp³-hybridized carbons (Fsp3) is 0.909. The van der Waals surface area contributed by atoms with E-state index in [4.69, 9.17) is 23.7 Å². The largest absolute Gasteiger partial charge is 0.463 e. The Bertz CT molecular complexity index is 244. The molecule has 0 aromatic rings. The first-order chi connectivity index (χ1) is 8.13. The van der Waals surface area contributed by atoms with Gasteiger partial charge in [-0.3, -0.25) is 4.79 Å². The van der Waals surface area contributed by atoms with Gasteiger partial charge in [0.1, 0.15) is 31.0 Å². The van der Waals surface area contributed by atoms with Crippen LogP contribution in [0.3, 0.4) is 0 Å². The van der Waals surface area contributed by atoms with Crippen LogP contribution in [0.5, 0.6) is 0 Å². The first-order valence-electron chi connectivity index (χ1n) is 5.47. The van der Waals surface area contributed by atoms with Gasteiger partial charge in [-0.15, -0.1) is 0 Å². The fourth-order valence-electron chi connectivity index (χ4n) is 1.95. The Hall–Kier alpha value is -0.690. The minimum Gasteiger partial charge on any atom is -0.463 e. The van der Waals surface area contributed by atoms with Gasteiger partial charge in [-0.05, 0) is 0 Å². The molecule has 0 aromatic carbocycles. The molecule has 0 amide bonds. The molecule has 6 heteroatoms. The van der Waals surface area contributed by atoms with Crippen molar-refractivity contribution in [3.05, 3.63) is 0 Å². The van der Waals surface area contributed by atoms with E-state index in [0.717, 1.165) is 0 Å². The number of rotatable bonds is 5. The monoisotopic (exact) mass is 248 g/mol. The molecule has 4 atom stereocenters. The van der Waals surface area contributed by atoms with Crippen LogP contribution < -0.4 is 0 Å². The summed E-state index contributed by atoms with van der Waals surface area (Å²) in [5.74, 6) is -0.341. The smallest absolute Gasteiger partial charge is 0.302 e. The zero-order chi connectivity index (χ0) is 12.8.